The van der Waals surface area contributed by atoms with E-state index in [0.29, 0.717) is 24.8 Å². The summed E-state index contributed by atoms with van der Waals surface area (Å²) in [6.45, 7) is 4.70. The number of benzene rings is 1. The predicted octanol–water partition coefficient (Wildman–Crippen LogP) is 3.50. The molecule has 4 nitrogen and oxygen atoms in total. The SMILES string of the molecule is Cc1cc(N)ccc1NC(=O)CCOC1CCCC(C)C1. The summed E-state index contributed by atoms with van der Waals surface area (Å²) in [5, 5.41) is 2.91. The minimum Gasteiger partial charge on any atom is -0.399 e. The molecule has 1 amide bonds. The molecule has 1 aromatic carbocycles. The van der Waals surface area contributed by atoms with Gasteiger partial charge in [-0.15, -0.1) is 0 Å². The van der Waals surface area contributed by atoms with Crippen molar-refractivity contribution in [1.82, 2.24) is 0 Å². The largest absolute Gasteiger partial charge is 0.399 e. The minimum absolute atomic E-state index is 0.00766. The first-order valence-electron chi connectivity index (χ1n) is 7.82. The van der Waals surface area contributed by atoms with Gasteiger partial charge < -0.3 is 15.8 Å². The van der Waals surface area contributed by atoms with Gasteiger partial charge in [0.25, 0.3) is 0 Å². The van der Waals surface area contributed by atoms with Crippen molar-refractivity contribution in [3.63, 3.8) is 0 Å². The second-order valence-electron chi connectivity index (χ2n) is 6.14. The van der Waals surface area contributed by atoms with E-state index >= 15 is 0 Å². The lowest BCUT2D eigenvalue weighted by Crippen LogP contribution is -2.23. The third kappa shape index (κ3) is 5.05. The van der Waals surface area contributed by atoms with Crippen LogP contribution in [0.25, 0.3) is 0 Å². The smallest absolute Gasteiger partial charge is 0.226 e. The summed E-state index contributed by atoms with van der Waals surface area (Å²) < 4.78 is 5.83. The number of aryl methyl sites for hydroxylation is 1. The van der Waals surface area contributed by atoms with Gasteiger partial charge in [-0.1, -0.05) is 19.8 Å². The van der Waals surface area contributed by atoms with Crippen LogP contribution in [-0.4, -0.2) is 18.6 Å². The van der Waals surface area contributed by atoms with E-state index in [0.717, 1.165) is 30.0 Å². The van der Waals surface area contributed by atoms with Gasteiger partial charge in [0.1, 0.15) is 0 Å². The van der Waals surface area contributed by atoms with Crippen LogP contribution in [0, 0.1) is 12.8 Å². The van der Waals surface area contributed by atoms with Crippen molar-refractivity contribution >= 4 is 17.3 Å². The van der Waals surface area contributed by atoms with E-state index in [1.807, 2.05) is 19.1 Å². The summed E-state index contributed by atoms with van der Waals surface area (Å²) >= 11 is 0. The van der Waals surface area contributed by atoms with Crippen molar-refractivity contribution in [3.05, 3.63) is 23.8 Å². The average molecular weight is 290 g/mol. The number of ether oxygens (including phenoxy) is 1. The van der Waals surface area contributed by atoms with Crippen molar-refractivity contribution in [1.29, 1.82) is 0 Å². The summed E-state index contributed by atoms with van der Waals surface area (Å²) in [5.41, 5.74) is 8.21. The molecule has 0 bridgehead atoms. The van der Waals surface area contributed by atoms with E-state index < -0.39 is 0 Å². The number of carbonyl (C=O) groups excluding carboxylic acids is 1. The molecule has 2 rings (SSSR count). The summed E-state index contributed by atoms with van der Waals surface area (Å²) in [7, 11) is 0. The third-order valence-corrected chi connectivity index (χ3v) is 4.10. The Labute approximate surface area is 127 Å². The maximum Gasteiger partial charge on any atom is 0.226 e. The van der Waals surface area contributed by atoms with E-state index in [2.05, 4.69) is 12.2 Å². The zero-order valence-electron chi connectivity index (χ0n) is 13.0. The van der Waals surface area contributed by atoms with Crippen molar-refractivity contribution in [2.24, 2.45) is 5.92 Å². The molecule has 1 fully saturated rings. The van der Waals surface area contributed by atoms with Gasteiger partial charge in [-0.2, -0.15) is 0 Å². The Hall–Kier alpha value is -1.55. The molecule has 1 saturated carbocycles. The van der Waals surface area contributed by atoms with Gasteiger partial charge in [0.2, 0.25) is 5.91 Å². The monoisotopic (exact) mass is 290 g/mol. The van der Waals surface area contributed by atoms with E-state index in [9.17, 15) is 4.79 Å². The second kappa shape index (κ2) is 7.46. The highest BCUT2D eigenvalue weighted by atomic mass is 16.5. The molecule has 21 heavy (non-hydrogen) atoms. The molecule has 0 spiro atoms. The van der Waals surface area contributed by atoms with Gasteiger partial charge in [-0.25, -0.2) is 0 Å². The number of hydrogen-bond acceptors (Lipinski definition) is 3. The summed E-state index contributed by atoms with van der Waals surface area (Å²) in [6, 6.07) is 5.49. The molecule has 0 heterocycles. The number of amides is 1. The highest BCUT2D eigenvalue weighted by Gasteiger charge is 2.19. The van der Waals surface area contributed by atoms with Crippen LogP contribution in [0.5, 0.6) is 0 Å². The van der Waals surface area contributed by atoms with Crippen molar-refractivity contribution < 1.29 is 9.53 Å². The molecule has 1 aliphatic carbocycles. The van der Waals surface area contributed by atoms with Crippen LogP contribution in [-0.2, 0) is 9.53 Å². The van der Waals surface area contributed by atoms with E-state index in [4.69, 9.17) is 10.5 Å². The first kappa shape index (κ1) is 15.8. The fourth-order valence-corrected chi connectivity index (χ4v) is 2.89. The molecular weight excluding hydrogens is 264 g/mol. The Bertz CT molecular complexity index is 488. The second-order valence-corrected chi connectivity index (χ2v) is 6.14. The lowest BCUT2D eigenvalue weighted by atomic mass is 9.89. The molecule has 2 atom stereocenters. The highest BCUT2D eigenvalue weighted by Crippen LogP contribution is 2.25. The Morgan fingerprint density at radius 3 is 2.95 bits per heavy atom. The standard InChI is InChI=1S/C17H26N2O2/c1-12-4-3-5-15(10-12)21-9-8-17(20)19-16-7-6-14(18)11-13(16)2/h6-7,11-12,15H,3-5,8-10,18H2,1-2H3,(H,19,20). The first-order chi connectivity index (χ1) is 10.0. The molecule has 0 aromatic heterocycles. The van der Waals surface area contributed by atoms with Gasteiger partial charge in [0.15, 0.2) is 0 Å². The Morgan fingerprint density at radius 2 is 2.24 bits per heavy atom. The number of rotatable bonds is 5. The van der Waals surface area contributed by atoms with Gasteiger partial charge in [0.05, 0.1) is 19.1 Å². The van der Waals surface area contributed by atoms with Crippen molar-refractivity contribution in [2.45, 2.75) is 52.1 Å². The molecule has 3 N–H and O–H groups in total. The molecule has 0 radical (unpaired) electrons. The van der Waals surface area contributed by atoms with Gasteiger partial charge in [-0.05, 0) is 49.4 Å². The number of anilines is 2. The van der Waals surface area contributed by atoms with Crippen molar-refractivity contribution in [2.75, 3.05) is 17.7 Å². The van der Waals surface area contributed by atoms with Gasteiger partial charge >= 0.3 is 0 Å². The molecule has 0 saturated heterocycles. The third-order valence-electron chi connectivity index (χ3n) is 4.10. The highest BCUT2D eigenvalue weighted by molar-refractivity contribution is 5.91. The lowest BCUT2D eigenvalue weighted by Gasteiger charge is -2.26. The minimum atomic E-state index is -0.00766. The molecule has 116 valence electrons. The molecular formula is C17H26N2O2. The van der Waals surface area contributed by atoms with Gasteiger partial charge in [0, 0.05) is 11.4 Å². The molecule has 0 aliphatic heterocycles. The lowest BCUT2D eigenvalue weighted by molar-refractivity contribution is -0.117. The van der Waals surface area contributed by atoms with E-state index in [1.165, 1.54) is 12.8 Å². The van der Waals surface area contributed by atoms with Crippen LogP contribution >= 0.6 is 0 Å². The number of nitrogens with one attached hydrogen (secondary N) is 1. The van der Waals surface area contributed by atoms with Crippen LogP contribution in [0.1, 0.15) is 44.6 Å². The van der Waals surface area contributed by atoms with Gasteiger partial charge in [-0.3, -0.25) is 4.79 Å². The number of carbonyl (C=O) groups is 1. The van der Waals surface area contributed by atoms with Crippen LogP contribution in [0.15, 0.2) is 18.2 Å². The molecule has 1 aromatic rings. The fourth-order valence-electron chi connectivity index (χ4n) is 2.89. The molecule has 1 aliphatic rings. The maximum atomic E-state index is 11.9. The fraction of sp³-hybridized carbons (Fsp3) is 0.588. The first-order valence-corrected chi connectivity index (χ1v) is 7.82. The van der Waals surface area contributed by atoms with Crippen LogP contribution in [0.4, 0.5) is 11.4 Å². The maximum absolute atomic E-state index is 11.9. The zero-order chi connectivity index (χ0) is 15.2. The quantitative estimate of drug-likeness (QED) is 0.816. The Balaban J connectivity index is 1.72. The zero-order valence-corrected chi connectivity index (χ0v) is 13.0. The molecule has 4 heteroatoms. The molecule has 2 unspecified atom stereocenters. The summed E-state index contributed by atoms with van der Waals surface area (Å²) in [6.07, 6.45) is 5.52. The van der Waals surface area contributed by atoms with Crippen molar-refractivity contribution in [3.8, 4) is 0 Å². The Kier molecular flexibility index (Phi) is 5.62. The van der Waals surface area contributed by atoms with Crippen LogP contribution in [0.3, 0.4) is 0 Å². The average Bonchev–Trinajstić information content (AvgIpc) is 2.42. The number of nitrogen functional groups attached to an aromatic ring is 1. The predicted molar refractivity (Wildman–Crippen MR) is 86.2 cm³/mol. The topological polar surface area (TPSA) is 64.3 Å². The van der Waals surface area contributed by atoms with Crippen LogP contribution in [0.2, 0.25) is 0 Å². The Morgan fingerprint density at radius 1 is 1.43 bits per heavy atom. The summed E-state index contributed by atoms with van der Waals surface area (Å²) in [4.78, 5) is 11.9. The van der Waals surface area contributed by atoms with Crippen LogP contribution < -0.4 is 11.1 Å². The van der Waals surface area contributed by atoms with E-state index in [1.54, 1.807) is 6.07 Å². The normalized spacial score (nSPS) is 22.0. The number of nitrogens with two attached hydrogens (primary N) is 1. The van der Waals surface area contributed by atoms with E-state index in [-0.39, 0.29) is 5.91 Å². The number of hydrogen-bond donors (Lipinski definition) is 2. The summed E-state index contributed by atoms with van der Waals surface area (Å²) in [5.74, 6) is 0.738.